The summed E-state index contributed by atoms with van der Waals surface area (Å²) < 4.78 is 0. The van der Waals surface area contributed by atoms with E-state index in [1.807, 2.05) is 68.4 Å². The van der Waals surface area contributed by atoms with Gasteiger partial charge in [0.05, 0.1) is 12.6 Å². The zero-order chi connectivity index (χ0) is 20.1. The molecule has 1 aliphatic heterocycles. The maximum atomic E-state index is 13.1. The average Bonchev–Trinajstić information content (AvgIpc) is 3.03. The number of carbonyl (C=O) groups is 2. The van der Waals surface area contributed by atoms with Gasteiger partial charge < -0.3 is 15.3 Å². The first kappa shape index (κ1) is 20.1. The third-order valence-electron chi connectivity index (χ3n) is 5.11. The number of carbonyl (C=O) groups excluding carboxylic acids is 2. The zero-order valence-corrected chi connectivity index (χ0v) is 16.5. The molecule has 1 heterocycles. The summed E-state index contributed by atoms with van der Waals surface area (Å²) in [5, 5.41) is 12.7. The van der Waals surface area contributed by atoms with Crippen LogP contribution < -0.4 is 5.32 Å². The third kappa shape index (κ3) is 4.60. The minimum atomic E-state index is -0.551. The van der Waals surface area contributed by atoms with Gasteiger partial charge in [0.15, 0.2) is 0 Å². The fourth-order valence-electron chi connectivity index (χ4n) is 3.71. The van der Waals surface area contributed by atoms with E-state index in [2.05, 4.69) is 5.32 Å². The Bertz CT molecular complexity index is 820. The van der Waals surface area contributed by atoms with Gasteiger partial charge >= 0.3 is 0 Å². The monoisotopic (exact) mass is 380 g/mol. The number of nitrogens with one attached hydrogen (secondary N) is 1. The van der Waals surface area contributed by atoms with Crippen LogP contribution >= 0.6 is 0 Å². The van der Waals surface area contributed by atoms with Gasteiger partial charge in [0.25, 0.3) is 5.91 Å². The summed E-state index contributed by atoms with van der Waals surface area (Å²) in [7, 11) is 0. The SMILES string of the molecule is CC(C)C[C@@H](C(=O)N[C@H](CO)Cc1ccccc1)N1Cc2ccccc2C1=O. The highest BCUT2D eigenvalue weighted by atomic mass is 16.3. The molecule has 0 aliphatic carbocycles. The number of nitrogens with zero attached hydrogens (tertiary/aromatic N) is 1. The number of fused-ring (bicyclic) bond motifs is 1. The maximum Gasteiger partial charge on any atom is 0.255 e. The van der Waals surface area contributed by atoms with Crippen LogP contribution in [0.1, 0.15) is 41.8 Å². The highest BCUT2D eigenvalue weighted by Crippen LogP contribution is 2.27. The first-order valence-electron chi connectivity index (χ1n) is 9.83. The molecule has 0 unspecified atom stereocenters. The van der Waals surface area contributed by atoms with Crippen LogP contribution in [0, 0.1) is 5.92 Å². The van der Waals surface area contributed by atoms with Crippen molar-refractivity contribution in [3.63, 3.8) is 0 Å². The van der Waals surface area contributed by atoms with Crippen molar-refractivity contribution < 1.29 is 14.7 Å². The molecule has 3 rings (SSSR count). The molecule has 0 saturated carbocycles. The predicted octanol–water partition coefficient (Wildman–Crippen LogP) is 2.78. The van der Waals surface area contributed by atoms with E-state index in [1.54, 1.807) is 4.90 Å². The fourth-order valence-corrected chi connectivity index (χ4v) is 3.71. The predicted molar refractivity (Wildman–Crippen MR) is 109 cm³/mol. The number of hydrogen-bond acceptors (Lipinski definition) is 3. The molecule has 2 aromatic carbocycles. The van der Waals surface area contributed by atoms with Crippen LogP contribution in [-0.2, 0) is 17.8 Å². The number of hydrogen-bond donors (Lipinski definition) is 2. The molecule has 2 N–H and O–H groups in total. The summed E-state index contributed by atoms with van der Waals surface area (Å²) in [5.41, 5.74) is 2.68. The smallest absolute Gasteiger partial charge is 0.255 e. The van der Waals surface area contributed by atoms with Crippen LogP contribution in [-0.4, -0.2) is 40.5 Å². The van der Waals surface area contributed by atoms with Crippen LogP contribution in [0.4, 0.5) is 0 Å². The molecule has 0 spiro atoms. The number of rotatable bonds is 8. The second-order valence-electron chi connectivity index (χ2n) is 7.81. The number of aliphatic hydroxyl groups is 1. The van der Waals surface area contributed by atoms with Gasteiger partial charge in [0.2, 0.25) is 5.91 Å². The summed E-state index contributed by atoms with van der Waals surface area (Å²) in [6.07, 6.45) is 1.13. The summed E-state index contributed by atoms with van der Waals surface area (Å²) in [6.45, 7) is 4.38. The van der Waals surface area contributed by atoms with Gasteiger partial charge in [-0.3, -0.25) is 9.59 Å². The highest BCUT2D eigenvalue weighted by Gasteiger charge is 2.36. The largest absolute Gasteiger partial charge is 0.394 e. The van der Waals surface area contributed by atoms with Gasteiger partial charge in [0.1, 0.15) is 6.04 Å². The fraction of sp³-hybridized carbons (Fsp3) is 0.391. The van der Waals surface area contributed by atoms with Gasteiger partial charge in [-0.25, -0.2) is 0 Å². The van der Waals surface area contributed by atoms with Gasteiger partial charge in [-0.15, -0.1) is 0 Å². The molecular weight excluding hydrogens is 352 g/mol. The Morgan fingerprint density at radius 1 is 1.11 bits per heavy atom. The lowest BCUT2D eigenvalue weighted by atomic mass is 10.0. The van der Waals surface area contributed by atoms with Crippen LogP contribution in [0.5, 0.6) is 0 Å². The molecule has 1 aliphatic rings. The maximum absolute atomic E-state index is 13.1. The van der Waals surface area contributed by atoms with Gasteiger partial charge in [0, 0.05) is 12.1 Å². The van der Waals surface area contributed by atoms with Crippen molar-refractivity contribution >= 4 is 11.8 Å². The molecule has 0 bridgehead atoms. The van der Waals surface area contributed by atoms with E-state index in [-0.39, 0.29) is 30.4 Å². The molecule has 148 valence electrons. The van der Waals surface area contributed by atoms with E-state index in [9.17, 15) is 14.7 Å². The molecule has 0 saturated heterocycles. The first-order valence-corrected chi connectivity index (χ1v) is 9.83. The van der Waals surface area contributed by atoms with E-state index in [0.29, 0.717) is 24.9 Å². The lowest BCUT2D eigenvalue weighted by Crippen LogP contribution is -2.51. The van der Waals surface area contributed by atoms with E-state index in [1.165, 1.54) is 0 Å². The van der Waals surface area contributed by atoms with E-state index >= 15 is 0 Å². The van der Waals surface area contributed by atoms with Gasteiger partial charge in [-0.2, -0.15) is 0 Å². The minimum absolute atomic E-state index is 0.0972. The Labute approximate surface area is 166 Å². The van der Waals surface area contributed by atoms with Crippen LogP contribution in [0.2, 0.25) is 0 Å². The van der Waals surface area contributed by atoms with Crippen molar-refractivity contribution in [3.8, 4) is 0 Å². The van der Waals surface area contributed by atoms with Crippen molar-refractivity contribution in [2.24, 2.45) is 5.92 Å². The molecule has 0 fully saturated rings. The van der Waals surface area contributed by atoms with Crippen molar-refractivity contribution in [2.45, 2.75) is 45.3 Å². The Morgan fingerprint density at radius 2 is 1.79 bits per heavy atom. The Hall–Kier alpha value is -2.66. The Kier molecular flexibility index (Phi) is 6.47. The van der Waals surface area contributed by atoms with Crippen LogP contribution in [0.25, 0.3) is 0 Å². The lowest BCUT2D eigenvalue weighted by molar-refractivity contribution is -0.127. The second-order valence-corrected chi connectivity index (χ2v) is 7.81. The summed E-state index contributed by atoms with van der Waals surface area (Å²) >= 11 is 0. The van der Waals surface area contributed by atoms with E-state index in [0.717, 1.165) is 11.1 Å². The summed E-state index contributed by atoms with van der Waals surface area (Å²) in [4.78, 5) is 27.6. The number of amides is 2. The molecule has 0 aromatic heterocycles. The Balaban J connectivity index is 1.74. The quantitative estimate of drug-likeness (QED) is 0.740. The average molecular weight is 380 g/mol. The number of benzene rings is 2. The van der Waals surface area contributed by atoms with Gasteiger partial charge in [-0.05, 0) is 36.0 Å². The third-order valence-corrected chi connectivity index (χ3v) is 5.11. The van der Waals surface area contributed by atoms with Crippen molar-refractivity contribution in [3.05, 3.63) is 71.3 Å². The molecule has 2 atom stereocenters. The first-order chi connectivity index (χ1) is 13.5. The van der Waals surface area contributed by atoms with Crippen molar-refractivity contribution in [1.29, 1.82) is 0 Å². The molecule has 28 heavy (non-hydrogen) atoms. The summed E-state index contributed by atoms with van der Waals surface area (Å²) in [5.74, 6) is -0.0428. The van der Waals surface area contributed by atoms with Crippen molar-refractivity contribution in [2.75, 3.05) is 6.61 Å². The topological polar surface area (TPSA) is 69.6 Å². The van der Waals surface area contributed by atoms with Crippen LogP contribution in [0.15, 0.2) is 54.6 Å². The number of aliphatic hydroxyl groups excluding tert-OH is 1. The van der Waals surface area contributed by atoms with Crippen molar-refractivity contribution in [1.82, 2.24) is 10.2 Å². The van der Waals surface area contributed by atoms with Crippen LogP contribution in [0.3, 0.4) is 0 Å². The molecule has 0 radical (unpaired) electrons. The molecular formula is C23H28N2O3. The normalized spacial score (nSPS) is 15.4. The molecule has 2 amide bonds. The second kappa shape index (κ2) is 9.02. The highest BCUT2D eigenvalue weighted by molar-refractivity contribution is 6.01. The lowest BCUT2D eigenvalue weighted by Gasteiger charge is -2.30. The van der Waals surface area contributed by atoms with Gasteiger partial charge in [-0.1, -0.05) is 62.4 Å². The standard InChI is InChI=1S/C23H28N2O3/c1-16(2)12-21(25-14-18-10-6-7-11-20(18)23(25)28)22(27)24-19(15-26)13-17-8-4-3-5-9-17/h3-11,16,19,21,26H,12-15H2,1-2H3,(H,24,27)/t19-,21-/m0/s1. The molecule has 5 heteroatoms. The van der Waals surface area contributed by atoms with E-state index < -0.39 is 6.04 Å². The molecule has 2 aromatic rings. The summed E-state index contributed by atoms with van der Waals surface area (Å²) in [6, 6.07) is 16.3. The zero-order valence-electron chi connectivity index (χ0n) is 16.5. The molecule has 5 nitrogen and oxygen atoms in total. The van der Waals surface area contributed by atoms with E-state index in [4.69, 9.17) is 0 Å². The Morgan fingerprint density at radius 3 is 2.43 bits per heavy atom. The minimum Gasteiger partial charge on any atom is -0.394 e.